The van der Waals surface area contributed by atoms with Crippen LogP contribution in [0.3, 0.4) is 0 Å². The van der Waals surface area contributed by atoms with Gasteiger partial charge in [0.25, 0.3) is 5.91 Å². The zero-order chi connectivity index (χ0) is 14.5. The molecule has 0 aliphatic carbocycles. The summed E-state index contributed by atoms with van der Waals surface area (Å²) < 4.78 is 0. The molecule has 1 amide bonds. The van der Waals surface area contributed by atoms with E-state index >= 15 is 0 Å². The third kappa shape index (κ3) is 3.73. The Labute approximate surface area is 121 Å². The van der Waals surface area contributed by atoms with Crippen molar-refractivity contribution in [3.63, 3.8) is 0 Å². The van der Waals surface area contributed by atoms with Crippen LogP contribution in [0.15, 0.2) is 18.2 Å². The monoisotopic (exact) mass is 275 g/mol. The maximum Gasteiger partial charge on any atom is 0.251 e. The van der Waals surface area contributed by atoms with E-state index in [2.05, 4.69) is 29.5 Å². The van der Waals surface area contributed by atoms with Crippen molar-refractivity contribution < 1.29 is 4.79 Å². The average molecular weight is 275 g/mol. The molecule has 0 saturated carbocycles. The highest BCUT2D eigenvalue weighted by Gasteiger charge is 2.22. The summed E-state index contributed by atoms with van der Waals surface area (Å²) in [6.07, 6.45) is 2.13. The summed E-state index contributed by atoms with van der Waals surface area (Å²) in [6, 6.07) is 6.23. The Kier molecular flexibility index (Phi) is 5.01. The highest BCUT2D eigenvalue weighted by Crippen LogP contribution is 2.16. The predicted octanol–water partition coefficient (Wildman–Crippen LogP) is 2.25. The van der Waals surface area contributed by atoms with Crippen molar-refractivity contribution >= 4 is 11.6 Å². The van der Waals surface area contributed by atoms with E-state index in [1.807, 2.05) is 25.1 Å². The molecule has 0 spiro atoms. The van der Waals surface area contributed by atoms with Crippen molar-refractivity contribution in [2.75, 3.05) is 32.0 Å². The molecule has 2 N–H and O–H groups in total. The van der Waals surface area contributed by atoms with Crippen LogP contribution in [0.2, 0.25) is 0 Å². The number of likely N-dealkylation sites (tertiary alicyclic amines) is 1. The van der Waals surface area contributed by atoms with Crippen molar-refractivity contribution in [1.82, 2.24) is 10.2 Å². The minimum Gasteiger partial charge on any atom is -0.385 e. The Balaban J connectivity index is 1.99. The Morgan fingerprint density at radius 1 is 1.45 bits per heavy atom. The molecule has 1 unspecified atom stereocenters. The molecule has 20 heavy (non-hydrogen) atoms. The standard InChI is InChI=1S/C16H25N3O/c1-4-8-17-13-5-6-15(12(2)10-13)16(20)18-14-7-9-19(3)11-14/h5-6,10,14,17H,4,7-9,11H2,1-3H3,(H,18,20). The quantitative estimate of drug-likeness (QED) is 0.866. The smallest absolute Gasteiger partial charge is 0.251 e. The van der Waals surface area contributed by atoms with Gasteiger partial charge >= 0.3 is 0 Å². The number of likely N-dealkylation sites (N-methyl/N-ethyl adjacent to an activating group) is 1. The highest BCUT2D eigenvalue weighted by atomic mass is 16.1. The van der Waals surface area contributed by atoms with Gasteiger partial charge in [-0.2, -0.15) is 0 Å². The van der Waals surface area contributed by atoms with Gasteiger partial charge < -0.3 is 15.5 Å². The van der Waals surface area contributed by atoms with Gasteiger partial charge in [-0.05, 0) is 57.1 Å². The fourth-order valence-electron chi connectivity index (χ4n) is 2.61. The zero-order valence-corrected chi connectivity index (χ0v) is 12.7. The molecule has 4 nitrogen and oxygen atoms in total. The second kappa shape index (κ2) is 6.75. The molecule has 110 valence electrons. The molecule has 1 fully saturated rings. The zero-order valence-electron chi connectivity index (χ0n) is 12.7. The molecule has 1 aromatic rings. The number of nitrogens with one attached hydrogen (secondary N) is 2. The molecule has 2 rings (SSSR count). The number of amides is 1. The second-order valence-corrected chi connectivity index (χ2v) is 5.68. The van der Waals surface area contributed by atoms with Crippen molar-refractivity contribution in [3.05, 3.63) is 29.3 Å². The molecule has 4 heteroatoms. The molecular weight excluding hydrogens is 250 g/mol. The van der Waals surface area contributed by atoms with Crippen LogP contribution < -0.4 is 10.6 Å². The van der Waals surface area contributed by atoms with Gasteiger partial charge in [-0.1, -0.05) is 6.92 Å². The normalized spacial score (nSPS) is 19.1. The lowest BCUT2D eigenvalue weighted by Gasteiger charge is -2.15. The molecule has 1 saturated heterocycles. The van der Waals surface area contributed by atoms with E-state index in [1.54, 1.807) is 0 Å². The lowest BCUT2D eigenvalue weighted by Crippen LogP contribution is -2.36. The number of carbonyl (C=O) groups is 1. The van der Waals surface area contributed by atoms with Gasteiger partial charge in [-0.15, -0.1) is 0 Å². The van der Waals surface area contributed by atoms with E-state index in [0.717, 1.165) is 49.3 Å². The lowest BCUT2D eigenvalue weighted by atomic mass is 10.1. The number of nitrogens with zero attached hydrogens (tertiary/aromatic N) is 1. The molecule has 0 radical (unpaired) electrons. The third-order valence-electron chi connectivity index (χ3n) is 3.78. The summed E-state index contributed by atoms with van der Waals surface area (Å²) in [5, 5.41) is 6.47. The van der Waals surface area contributed by atoms with Gasteiger partial charge in [-0.25, -0.2) is 0 Å². The molecule has 1 heterocycles. The molecule has 1 aromatic carbocycles. The summed E-state index contributed by atoms with van der Waals surface area (Å²) >= 11 is 0. The van der Waals surface area contributed by atoms with Gasteiger partial charge in [0, 0.05) is 30.4 Å². The largest absolute Gasteiger partial charge is 0.385 e. The number of anilines is 1. The Bertz CT molecular complexity index is 473. The minimum absolute atomic E-state index is 0.0461. The Hall–Kier alpha value is -1.55. The maximum absolute atomic E-state index is 12.3. The topological polar surface area (TPSA) is 44.4 Å². The first-order valence-electron chi connectivity index (χ1n) is 7.44. The number of aryl methyl sites for hydroxylation is 1. The van der Waals surface area contributed by atoms with Crippen molar-refractivity contribution in [1.29, 1.82) is 0 Å². The van der Waals surface area contributed by atoms with Crippen molar-refractivity contribution in [3.8, 4) is 0 Å². The fourth-order valence-corrected chi connectivity index (χ4v) is 2.61. The molecule has 1 aliphatic heterocycles. The summed E-state index contributed by atoms with van der Waals surface area (Å²) in [5.41, 5.74) is 2.89. The van der Waals surface area contributed by atoms with Gasteiger partial charge in [0.2, 0.25) is 0 Å². The van der Waals surface area contributed by atoms with E-state index in [9.17, 15) is 4.79 Å². The molecule has 1 atom stereocenters. The molecular formula is C16H25N3O. The summed E-state index contributed by atoms with van der Waals surface area (Å²) in [5.74, 6) is 0.0461. The van der Waals surface area contributed by atoms with E-state index in [4.69, 9.17) is 0 Å². The van der Waals surface area contributed by atoms with Crippen LogP contribution in [0.5, 0.6) is 0 Å². The van der Waals surface area contributed by atoms with Crippen LogP contribution >= 0.6 is 0 Å². The lowest BCUT2D eigenvalue weighted by molar-refractivity contribution is 0.0938. The predicted molar refractivity (Wildman–Crippen MR) is 83.3 cm³/mol. The van der Waals surface area contributed by atoms with E-state index in [-0.39, 0.29) is 11.9 Å². The fraction of sp³-hybridized carbons (Fsp3) is 0.562. The van der Waals surface area contributed by atoms with Gasteiger partial charge in [-0.3, -0.25) is 4.79 Å². The molecule has 0 aromatic heterocycles. The highest BCUT2D eigenvalue weighted by molar-refractivity contribution is 5.96. The minimum atomic E-state index is 0.0461. The van der Waals surface area contributed by atoms with Crippen molar-refractivity contribution in [2.24, 2.45) is 0 Å². The number of benzene rings is 1. The number of hydrogen-bond acceptors (Lipinski definition) is 3. The summed E-state index contributed by atoms with van der Waals surface area (Å²) in [4.78, 5) is 14.5. The van der Waals surface area contributed by atoms with Gasteiger partial charge in [0.15, 0.2) is 0 Å². The molecule has 0 bridgehead atoms. The first kappa shape index (κ1) is 14.9. The molecule has 1 aliphatic rings. The number of carbonyl (C=O) groups excluding carboxylic acids is 1. The number of hydrogen-bond donors (Lipinski definition) is 2. The first-order valence-corrected chi connectivity index (χ1v) is 7.44. The van der Waals surface area contributed by atoms with Crippen LogP contribution in [0, 0.1) is 6.92 Å². The van der Waals surface area contributed by atoms with Gasteiger partial charge in [0.05, 0.1) is 0 Å². The maximum atomic E-state index is 12.3. The van der Waals surface area contributed by atoms with E-state index in [0.29, 0.717) is 0 Å². The van der Waals surface area contributed by atoms with E-state index in [1.165, 1.54) is 0 Å². The van der Waals surface area contributed by atoms with Crippen LogP contribution in [0.4, 0.5) is 5.69 Å². The summed E-state index contributed by atoms with van der Waals surface area (Å²) in [7, 11) is 2.09. The van der Waals surface area contributed by atoms with Crippen molar-refractivity contribution in [2.45, 2.75) is 32.7 Å². The van der Waals surface area contributed by atoms with Crippen LogP contribution in [0.1, 0.15) is 35.7 Å². The SMILES string of the molecule is CCCNc1ccc(C(=O)NC2CCN(C)C2)c(C)c1. The number of rotatable bonds is 5. The Morgan fingerprint density at radius 3 is 2.85 bits per heavy atom. The average Bonchev–Trinajstić information content (AvgIpc) is 2.81. The first-order chi connectivity index (χ1) is 9.60. The van der Waals surface area contributed by atoms with E-state index < -0.39 is 0 Å². The van der Waals surface area contributed by atoms with Crippen LogP contribution in [0.25, 0.3) is 0 Å². The van der Waals surface area contributed by atoms with Gasteiger partial charge in [0.1, 0.15) is 0 Å². The third-order valence-corrected chi connectivity index (χ3v) is 3.78. The second-order valence-electron chi connectivity index (χ2n) is 5.68. The summed E-state index contributed by atoms with van der Waals surface area (Å²) in [6.45, 7) is 7.09. The van der Waals surface area contributed by atoms with Crippen LogP contribution in [-0.4, -0.2) is 43.5 Å². The Morgan fingerprint density at radius 2 is 2.25 bits per heavy atom. The van der Waals surface area contributed by atoms with Crippen LogP contribution in [-0.2, 0) is 0 Å².